The predicted octanol–water partition coefficient (Wildman–Crippen LogP) is 4.51. The highest BCUT2D eigenvalue weighted by atomic mass is 15.1. The molecule has 232 valence electrons. The number of hydrogen-bond acceptors (Lipinski definition) is 0. The SMILES string of the molecule is c1cc2ccc1C[n+]1ccn(c1)-c1ccc(cc1)-n1cc[n+](c1)Cc1ccc(cc1)C[n+]1ccn(c1)-c1ccc(cc1)-n1cc[n+](c1)C2. The molecule has 10 aliphatic rings. The molecule has 0 radical (unpaired) electrons. The van der Waals surface area contributed by atoms with Crippen molar-refractivity contribution in [2.24, 2.45) is 0 Å². The van der Waals surface area contributed by atoms with Crippen molar-refractivity contribution < 1.29 is 18.3 Å². The molecule has 14 heterocycles. The van der Waals surface area contributed by atoms with Crippen LogP contribution in [0.25, 0.3) is 22.7 Å². The van der Waals surface area contributed by atoms with Crippen molar-refractivity contribution in [2.75, 3.05) is 0 Å². The molecule has 0 aliphatic carbocycles. The maximum Gasteiger partial charge on any atom is 0.249 e. The Morgan fingerprint density at radius 3 is 0.708 bits per heavy atom. The van der Waals surface area contributed by atoms with Crippen molar-refractivity contribution in [3.05, 3.63) is 194 Å². The first kappa shape index (κ1) is 28.0. The molecular formula is C40H36N8+4. The van der Waals surface area contributed by atoms with Crippen LogP contribution in [0.3, 0.4) is 0 Å². The van der Waals surface area contributed by atoms with Crippen molar-refractivity contribution in [3.63, 3.8) is 0 Å². The Balaban J connectivity index is 1.01. The molecule has 4 aromatic carbocycles. The summed E-state index contributed by atoms with van der Waals surface area (Å²) in [5.41, 5.74) is 9.63. The second-order valence-electron chi connectivity index (χ2n) is 12.6. The first-order chi connectivity index (χ1) is 23.7. The molecule has 4 aromatic heterocycles. The summed E-state index contributed by atoms with van der Waals surface area (Å²) in [6.07, 6.45) is 25.6. The third-order valence-corrected chi connectivity index (χ3v) is 9.16. The molecule has 48 heavy (non-hydrogen) atoms. The largest absolute Gasteiger partial charge is 0.249 e. The lowest BCUT2D eigenvalue weighted by Crippen LogP contribution is -2.32. The van der Waals surface area contributed by atoms with Crippen molar-refractivity contribution in [3.8, 4) is 22.7 Å². The van der Waals surface area contributed by atoms with E-state index in [9.17, 15) is 0 Å². The van der Waals surface area contributed by atoms with Crippen LogP contribution in [0.1, 0.15) is 22.3 Å². The Morgan fingerprint density at radius 1 is 0.292 bits per heavy atom. The molecular weight excluding hydrogens is 592 g/mol. The van der Waals surface area contributed by atoms with Crippen molar-refractivity contribution in [1.29, 1.82) is 0 Å². The third kappa shape index (κ3) is 5.76. The molecule has 0 saturated carbocycles. The second kappa shape index (κ2) is 11.8. The van der Waals surface area contributed by atoms with E-state index >= 15 is 0 Å². The highest BCUT2D eigenvalue weighted by Gasteiger charge is 2.14. The standard InChI is InChI=1S/C40H36N8/c1-2-34-4-3-33(1)25-41-17-21-45(29-41)37-9-11-39(12-10-37)47-23-19-43(31-47)27-35-5-7-36(8-6-35)28-44-20-24-48(32-44)40-15-13-38(14-16-40)46-22-18-42(26-34)30-46/h1-24,29-32H,25-28H2/q+4. The minimum absolute atomic E-state index is 0.819. The average Bonchev–Trinajstić information content (AvgIpc) is 3.95. The lowest BCUT2D eigenvalue weighted by molar-refractivity contribution is -0.688. The van der Waals surface area contributed by atoms with Crippen LogP contribution in [0.15, 0.2) is 172 Å². The van der Waals surface area contributed by atoms with Gasteiger partial charge in [0, 0.05) is 0 Å². The van der Waals surface area contributed by atoms with Crippen LogP contribution in [-0.2, 0) is 26.2 Å². The lowest BCUT2D eigenvalue weighted by atomic mass is 10.1. The van der Waals surface area contributed by atoms with E-state index in [0.29, 0.717) is 0 Å². The summed E-state index contributed by atoms with van der Waals surface area (Å²) < 4.78 is 17.6. The van der Waals surface area contributed by atoms with Gasteiger partial charge in [-0.05, 0) is 70.8 Å². The van der Waals surface area contributed by atoms with Gasteiger partial charge in [0.2, 0.25) is 25.3 Å². The quantitative estimate of drug-likeness (QED) is 0.222. The smallest absolute Gasteiger partial charge is 0.232 e. The predicted molar refractivity (Wildman–Crippen MR) is 180 cm³/mol. The highest BCUT2D eigenvalue weighted by molar-refractivity contribution is 5.42. The van der Waals surface area contributed by atoms with Crippen molar-refractivity contribution in [1.82, 2.24) is 18.3 Å². The number of benzene rings is 4. The van der Waals surface area contributed by atoms with Gasteiger partial charge in [-0.15, -0.1) is 0 Å². The first-order valence-corrected chi connectivity index (χ1v) is 16.3. The van der Waals surface area contributed by atoms with Gasteiger partial charge in [0.25, 0.3) is 0 Å². The fourth-order valence-electron chi connectivity index (χ4n) is 6.50. The molecule has 0 spiro atoms. The molecule has 0 saturated heterocycles. The molecule has 0 atom stereocenters. The molecule has 18 rings (SSSR count). The van der Waals surface area contributed by atoms with Gasteiger partial charge in [-0.3, -0.25) is 0 Å². The van der Waals surface area contributed by atoms with E-state index in [2.05, 4.69) is 208 Å². The van der Waals surface area contributed by atoms with Crippen molar-refractivity contribution in [2.45, 2.75) is 26.2 Å². The monoisotopic (exact) mass is 628 g/mol. The number of imidazole rings is 4. The average molecular weight is 629 g/mol. The fourth-order valence-corrected chi connectivity index (χ4v) is 6.50. The van der Waals surface area contributed by atoms with Crippen molar-refractivity contribution >= 4 is 0 Å². The van der Waals surface area contributed by atoms with Crippen LogP contribution in [0.4, 0.5) is 0 Å². The number of rotatable bonds is 0. The van der Waals surface area contributed by atoms with Gasteiger partial charge in [0.15, 0.2) is 0 Å². The summed E-state index contributed by atoms with van der Waals surface area (Å²) in [6, 6.07) is 35.2. The zero-order valence-electron chi connectivity index (χ0n) is 26.6. The van der Waals surface area contributed by atoms with Gasteiger partial charge in [-0.2, -0.15) is 0 Å². The van der Waals surface area contributed by atoms with Gasteiger partial charge in [-0.25, -0.2) is 36.5 Å². The van der Waals surface area contributed by atoms with Crippen LogP contribution in [0, 0.1) is 0 Å². The van der Waals surface area contributed by atoms with E-state index in [1.165, 1.54) is 22.3 Å². The Kier molecular flexibility index (Phi) is 6.89. The summed E-state index contributed by atoms with van der Waals surface area (Å²) in [7, 11) is 0. The zero-order chi connectivity index (χ0) is 31.9. The summed E-state index contributed by atoms with van der Waals surface area (Å²) in [6.45, 7) is 3.28. The van der Waals surface area contributed by atoms with E-state index < -0.39 is 0 Å². The maximum absolute atomic E-state index is 2.23. The minimum Gasteiger partial charge on any atom is -0.232 e. The topological polar surface area (TPSA) is 35.2 Å². The summed E-state index contributed by atoms with van der Waals surface area (Å²) in [5, 5.41) is 0. The van der Waals surface area contributed by atoms with Crippen LogP contribution < -0.4 is 18.3 Å². The first-order valence-electron chi connectivity index (χ1n) is 16.3. The Bertz CT molecular complexity index is 1980. The van der Waals surface area contributed by atoms with E-state index in [1.807, 2.05) is 0 Å². The zero-order valence-corrected chi connectivity index (χ0v) is 26.6. The summed E-state index contributed by atoms with van der Waals surface area (Å²) in [4.78, 5) is 0. The molecule has 0 amide bonds. The lowest BCUT2D eigenvalue weighted by Gasteiger charge is -2.02. The Labute approximate surface area is 279 Å². The van der Waals surface area contributed by atoms with Gasteiger partial charge < -0.3 is 0 Å². The molecule has 0 unspecified atom stereocenters. The van der Waals surface area contributed by atoms with Gasteiger partial charge in [0.1, 0.15) is 98.5 Å². The van der Waals surface area contributed by atoms with E-state index in [0.717, 1.165) is 48.9 Å². The van der Waals surface area contributed by atoms with Crippen LogP contribution >= 0.6 is 0 Å². The number of nitrogens with zero attached hydrogens (tertiary/aromatic N) is 8. The molecule has 0 N–H and O–H groups in total. The summed E-state index contributed by atoms with van der Waals surface area (Å²) in [5.74, 6) is 0. The summed E-state index contributed by atoms with van der Waals surface area (Å²) >= 11 is 0. The molecule has 8 aromatic rings. The fraction of sp³-hybridized carbons (Fsp3) is 0.100. The molecule has 16 bridgehead atoms. The number of aromatic nitrogens is 8. The number of hydrogen-bond donors (Lipinski definition) is 0. The second-order valence-corrected chi connectivity index (χ2v) is 12.6. The van der Waals surface area contributed by atoms with E-state index in [4.69, 9.17) is 0 Å². The normalized spacial score (nSPS) is 12.7. The van der Waals surface area contributed by atoms with Gasteiger partial charge >= 0.3 is 0 Å². The minimum atomic E-state index is 0.819. The molecule has 0 fully saturated rings. The van der Waals surface area contributed by atoms with E-state index in [-0.39, 0.29) is 0 Å². The molecule has 10 aliphatic heterocycles. The van der Waals surface area contributed by atoms with E-state index in [1.54, 1.807) is 0 Å². The third-order valence-electron chi connectivity index (χ3n) is 9.16. The van der Waals surface area contributed by atoms with Crippen LogP contribution in [0.2, 0.25) is 0 Å². The maximum atomic E-state index is 2.23. The van der Waals surface area contributed by atoms with Gasteiger partial charge in [0.05, 0.1) is 0 Å². The molecule has 8 nitrogen and oxygen atoms in total. The van der Waals surface area contributed by atoms with Gasteiger partial charge in [-0.1, -0.05) is 48.5 Å². The Hall–Kier alpha value is -6.28. The van der Waals surface area contributed by atoms with Crippen LogP contribution in [-0.4, -0.2) is 18.3 Å². The Morgan fingerprint density at radius 2 is 0.500 bits per heavy atom. The highest BCUT2D eigenvalue weighted by Crippen LogP contribution is 2.15. The van der Waals surface area contributed by atoms with Crippen LogP contribution in [0.5, 0.6) is 0 Å². The molecule has 8 heteroatoms.